The lowest BCUT2D eigenvalue weighted by atomic mass is 10.0. The highest BCUT2D eigenvalue weighted by Gasteiger charge is 2.38. The van der Waals surface area contributed by atoms with Crippen LogP contribution >= 0.6 is 0 Å². The summed E-state index contributed by atoms with van der Waals surface area (Å²) in [5.74, 6) is 0. The smallest absolute Gasteiger partial charge is 0.157 e. The van der Waals surface area contributed by atoms with Gasteiger partial charge < -0.3 is 24.1 Å². The van der Waals surface area contributed by atoms with Crippen LogP contribution in [0.4, 0.5) is 0 Å². The standard InChI is InChI=1S/C9H18O5/c1-11-5-7-9(13-3)6(12-2)4-8(10)14-7/h6-10H,4-5H2,1-3H3/t6-,7-,8?,9-/m1/s1. The Kier molecular flexibility index (Phi) is 4.77. The van der Waals surface area contributed by atoms with Gasteiger partial charge in [0, 0.05) is 27.8 Å². The number of aliphatic hydroxyl groups excluding tert-OH is 1. The molecule has 1 fully saturated rings. The van der Waals surface area contributed by atoms with E-state index in [0.717, 1.165) is 0 Å². The maximum Gasteiger partial charge on any atom is 0.157 e. The van der Waals surface area contributed by atoms with Crippen LogP contribution in [-0.4, -0.2) is 57.6 Å². The molecule has 0 aromatic rings. The molecule has 5 heteroatoms. The summed E-state index contributed by atoms with van der Waals surface area (Å²) in [6, 6.07) is 0. The van der Waals surface area contributed by atoms with Crippen LogP contribution in [0.25, 0.3) is 0 Å². The summed E-state index contributed by atoms with van der Waals surface area (Å²) in [7, 11) is 4.78. The lowest BCUT2D eigenvalue weighted by Gasteiger charge is -2.38. The second-order valence-corrected chi connectivity index (χ2v) is 3.29. The Morgan fingerprint density at radius 3 is 2.50 bits per heavy atom. The van der Waals surface area contributed by atoms with E-state index in [9.17, 15) is 5.11 Å². The zero-order valence-electron chi connectivity index (χ0n) is 8.80. The zero-order valence-corrected chi connectivity index (χ0v) is 8.80. The maximum atomic E-state index is 9.41. The van der Waals surface area contributed by atoms with Gasteiger partial charge in [-0.1, -0.05) is 0 Å². The molecule has 1 N–H and O–H groups in total. The second kappa shape index (κ2) is 5.63. The van der Waals surface area contributed by atoms with Crippen LogP contribution in [0.5, 0.6) is 0 Å². The molecule has 0 aliphatic carbocycles. The van der Waals surface area contributed by atoms with Crippen LogP contribution in [0.1, 0.15) is 6.42 Å². The first-order valence-electron chi connectivity index (χ1n) is 4.61. The Balaban J connectivity index is 2.60. The minimum absolute atomic E-state index is 0.149. The third-order valence-electron chi connectivity index (χ3n) is 2.40. The minimum Gasteiger partial charge on any atom is -0.382 e. The third kappa shape index (κ3) is 2.65. The normalized spacial score (nSPS) is 38.6. The van der Waals surface area contributed by atoms with E-state index in [1.807, 2.05) is 0 Å². The lowest BCUT2D eigenvalue weighted by molar-refractivity contribution is -0.250. The summed E-state index contributed by atoms with van der Waals surface area (Å²) < 4.78 is 20.8. The van der Waals surface area contributed by atoms with Crippen LogP contribution in [0.3, 0.4) is 0 Å². The second-order valence-electron chi connectivity index (χ2n) is 3.29. The first kappa shape index (κ1) is 11.9. The van der Waals surface area contributed by atoms with Crippen molar-refractivity contribution in [3.05, 3.63) is 0 Å². The van der Waals surface area contributed by atoms with Crippen LogP contribution < -0.4 is 0 Å². The van der Waals surface area contributed by atoms with Crippen molar-refractivity contribution in [1.82, 2.24) is 0 Å². The van der Waals surface area contributed by atoms with Crippen molar-refractivity contribution in [2.45, 2.75) is 31.0 Å². The molecule has 0 saturated carbocycles. The van der Waals surface area contributed by atoms with E-state index in [4.69, 9.17) is 18.9 Å². The zero-order chi connectivity index (χ0) is 10.6. The van der Waals surface area contributed by atoms with Crippen molar-refractivity contribution in [3.8, 4) is 0 Å². The summed E-state index contributed by atoms with van der Waals surface area (Å²) in [6.07, 6.45) is -0.993. The van der Waals surface area contributed by atoms with Crippen molar-refractivity contribution in [2.24, 2.45) is 0 Å². The lowest BCUT2D eigenvalue weighted by Crippen LogP contribution is -2.51. The van der Waals surface area contributed by atoms with Crippen LogP contribution in [0.15, 0.2) is 0 Å². The van der Waals surface area contributed by atoms with Gasteiger partial charge in [-0.05, 0) is 0 Å². The Morgan fingerprint density at radius 2 is 2.00 bits per heavy atom. The van der Waals surface area contributed by atoms with Gasteiger partial charge >= 0.3 is 0 Å². The molecule has 1 heterocycles. The van der Waals surface area contributed by atoms with Gasteiger partial charge in [0.1, 0.15) is 12.2 Å². The first-order chi connectivity index (χ1) is 6.72. The molecule has 0 amide bonds. The topological polar surface area (TPSA) is 57.2 Å². The van der Waals surface area contributed by atoms with Gasteiger partial charge in [0.25, 0.3) is 0 Å². The number of methoxy groups -OCH3 is 3. The quantitative estimate of drug-likeness (QED) is 0.688. The summed E-state index contributed by atoms with van der Waals surface area (Å²) in [5, 5.41) is 9.41. The number of aliphatic hydroxyl groups is 1. The van der Waals surface area contributed by atoms with Gasteiger partial charge in [-0.2, -0.15) is 0 Å². The van der Waals surface area contributed by atoms with Gasteiger partial charge in [-0.3, -0.25) is 0 Å². The summed E-state index contributed by atoms with van der Waals surface area (Å²) in [4.78, 5) is 0. The Hall–Kier alpha value is -0.200. The third-order valence-corrected chi connectivity index (χ3v) is 2.40. The molecule has 0 radical (unpaired) electrons. The fourth-order valence-electron chi connectivity index (χ4n) is 1.74. The predicted molar refractivity (Wildman–Crippen MR) is 49.0 cm³/mol. The van der Waals surface area contributed by atoms with E-state index in [1.165, 1.54) is 0 Å². The van der Waals surface area contributed by atoms with E-state index >= 15 is 0 Å². The predicted octanol–water partition coefficient (Wildman–Crippen LogP) is -0.230. The van der Waals surface area contributed by atoms with Crippen LogP contribution in [0, 0.1) is 0 Å². The van der Waals surface area contributed by atoms with Crippen molar-refractivity contribution in [1.29, 1.82) is 0 Å². The maximum absolute atomic E-state index is 9.41. The van der Waals surface area contributed by atoms with Crippen molar-refractivity contribution < 1.29 is 24.1 Å². The van der Waals surface area contributed by atoms with E-state index in [2.05, 4.69) is 0 Å². The molecule has 4 atom stereocenters. The summed E-state index contributed by atoms with van der Waals surface area (Å²) >= 11 is 0. The van der Waals surface area contributed by atoms with E-state index in [1.54, 1.807) is 21.3 Å². The van der Waals surface area contributed by atoms with Gasteiger partial charge in [0.05, 0.1) is 12.7 Å². The monoisotopic (exact) mass is 206 g/mol. The van der Waals surface area contributed by atoms with Crippen molar-refractivity contribution >= 4 is 0 Å². The molecule has 1 aliphatic rings. The summed E-state index contributed by atoms with van der Waals surface area (Å²) in [6.45, 7) is 0.384. The molecule has 1 rings (SSSR count). The molecule has 0 aromatic carbocycles. The molecule has 0 aromatic heterocycles. The SMILES string of the molecule is COC[C@H]1OC(O)C[C@@H](OC)[C@H]1OC. The van der Waals surface area contributed by atoms with E-state index < -0.39 is 6.29 Å². The van der Waals surface area contributed by atoms with Crippen LogP contribution in [-0.2, 0) is 18.9 Å². The molecule has 1 saturated heterocycles. The molecule has 0 spiro atoms. The van der Waals surface area contributed by atoms with E-state index in [0.29, 0.717) is 13.0 Å². The molecular formula is C9H18O5. The molecule has 14 heavy (non-hydrogen) atoms. The fourth-order valence-corrected chi connectivity index (χ4v) is 1.74. The number of hydrogen-bond donors (Lipinski definition) is 1. The highest BCUT2D eigenvalue weighted by atomic mass is 16.6. The molecule has 1 unspecified atom stereocenters. The molecular weight excluding hydrogens is 188 g/mol. The first-order valence-corrected chi connectivity index (χ1v) is 4.61. The van der Waals surface area contributed by atoms with Crippen molar-refractivity contribution in [3.63, 3.8) is 0 Å². The van der Waals surface area contributed by atoms with Crippen molar-refractivity contribution in [2.75, 3.05) is 27.9 Å². The average Bonchev–Trinajstić information content (AvgIpc) is 2.17. The summed E-state index contributed by atoms with van der Waals surface area (Å²) in [5.41, 5.74) is 0. The Bertz CT molecular complexity index is 163. The van der Waals surface area contributed by atoms with Gasteiger partial charge in [0.15, 0.2) is 6.29 Å². The van der Waals surface area contributed by atoms with E-state index in [-0.39, 0.29) is 18.3 Å². The number of ether oxygens (including phenoxy) is 4. The molecule has 84 valence electrons. The number of rotatable bonds is 4. The molecule has 1 aliphatic heterocycles. The highest BCUT2D eigenvalue weighted by Crippen LogP contribution is 2.23. The Labute approximate surface area is 83.9 Å². The van der Waals surface area contributed by atoms with Crippen LogP contribution in [0.2, 0.25) is 0 Å². The highest BCUT2D eigenvalue weighted by molar-refractivity contribution is 4.84. The molecule has 0 bridgehead atoms. The molecule has 5 nitrogen and oxygen atoms in total. The average molecular weight is 206 g/mol. The van der Waals surface area contributed by atoms with Gasteiger partial charge in [0.2, 0.25) is 0 Å². The number of hydrogen-bond acceptors (Lipinski definition) is 5. The largest absolute Gasteiger partial charge is 0.382 e. The fraction of sp³-hybridized carbons (Fsp3) is 1.00. The van der Waals surface area contributed by atoms with Gasteiger partial charge in [-0.15, -0.1) is 0 Å². The Morgan fingerprint density at radius 1 is 1.29 bits per heavy atom. The minimum atomic E-state index is -0.800. The van der Waals surface area contributed by atoms with Gasteiger partial charge in [-0.25, -0.2) is 0 Å².